The minimum absolute atomic E-state index is 0.0691. The maximum Gasteiger partial charge on any atom is 0.259 e. The van der Waals surface area contributed by atoms with Crippen LogP contribution < -0.4 is 5.32 Å². The molecule has 0 aliphatic heterocycles. The Hall–Kier alpha value is -1.76. The van der Waals surface area contributed by atoms with Crippen LogP contribution in [0.3, 0.4) is 0 Å². The quantitative estimate of drug-likeness (QED) is 0.726. The van der Waals surface area contributed by atoms with Crippen molar-refractivity contribution in [2.45, 2.75) is 0 Å². The molecule has 0 radical (unpaired) electrons. The first-order valence-electron chi connectivity index (χ1n) is 5.15. The average Bonchev–Trinajstić information content (AvgIpc) is 2.32. The summed E-state index contributed by atoms with van der Waals surface area (Å²) in [7, 11) is 0. The molecule has 92 valence electrons. The van der Waals surface area contributed by atoms with Gasteiger partial charge in [0, 0.05) is 15.3 Å². The summed E-state index contributed by atoms with van der Waals surface area (Å²) in [5, 5.41) is 21.5. The summed E-state index contributed by atoms with van der Waals surface area (Å²) in [5.74, 6) is -0.427. The van der Waals surface area contributed by atoms with Crippen molar-refractivity contribution in [3.63, 3.8) is 0 Å². The summed E-state index contributed by atoms with van der Waals surface area (Å²) in [5.41, 5.74) is 0.670. The van der Waals surface area contributed by atoms with Crippen LogP contribution in [0.1, 0.15) is 10.4 Å². The number of carbonyl (C=O) groups excluding carboxylic acids is 1. The van der Waals surface area contributed by atoms with Gasteiger partial charge in [0.25, 0.3) is 5.91 Å². The van der Waals surface area contributed by atoms with Crippen LogP contribution in [0.25, 0.3) is 0 Å². The second-order valence-corrected chi connectivity index (χ2v) is 4.91. The second kappa shape index (κ2) is 5.26. The van der Waals surface area contributed by atoms with Gasteiger partial charge in [-0.1, -0.05) is 6.07 Å². The fraction of sp³-hybridized carbons (Fsp3) is 0. The standard InChI is InChI=1S/C13H10INO3/c14-8-4-5-12(17)11(6-8)13(18)15-9-2-1-3-10(16)7-9/h1-7,16-17H,(H,15,18). The minimum Gasteiger partial charge on any atom is -0.508 e. The van der Waals surface area contributed by atoms with Crippen LogP contribution in [0.2, 0.25) is 0 Å². The number of benzene rings is 2. The zero-order chi connectivity index (χ0) is 13.1. The summed E-state index contributed by atoms with van der Waals surface area (Å²) in [6.45, 7) is 0. The van der Waals surface area contributed by atoms with Crippen molar-refractivity contribution in [3.8, 4) is 11.5 Å². The van der Waals surface area contributed by atoms with Crippen molar-refractivity contribution in [1.29, 1.82) is 0 Å². The SMILES string of the molecule is O=C(Nc1cccc(O)c1)c1cc(I)ccc1O. The van der Waals surface area contributed by atoms with E-state index in [-0.39, 0.29) is 17.1 Å². The van der Waals surface area contributed by atoms with Gasteiger partial charge in [-0.3, -0.25) is 4.79 Å². The van der Waals surface area contributed by atoms with Gasteiger partial charge in [0.05, 0.1) is 5.56 Å². The van der Waals surface area contributed by atoms with Crippen LogP contribution in [0.15, 0.2) is 42.5 Å². The van der Waals surface area contributed by atoms with Crippen molar-refractivity contribution < 1.29 is 15.0 Å². The number of nitrogens with one attached hydrogen (secondary N) is 1. The lowest BCUT2D eigenvalue weighted by Gasteiger charge is -2.07. The van der Waals surface area contributed by atoms with Crippen LogP contribution in [-0.2, 0) is 0 Å². The van der Waals surface area contributed by atoms with Crippen molar-refractivity contribution in [1.82, 2.24) is 0 Å². The lowest BCUT2D eigenvalue weighted by molar-refractivity contribution is 0.102. The molecule has 2 rings (SSSR count). The monoisotopic (exact) mass is 355 g/mol. The summed E-state index contributed by atoms with van der Waals surface area (Å²) in [4.78, 5) is 11.9. The molecular weight excluding hydrogens is 345 g/mol. The fourth-order valence-corrected chi connectivity index (χ4v) is 1.96. The molecule has 0 saturated heterocycles. The van der Waals surface area contributed by atoms with E-state index in [2.05, 4.69) is 27.9 Å². The largest absolute Gasteiger partial charge is 0.508 e. The van der Waals surface area contributed by atoms with E-state index in [4.69, 9.17) is 0 Å². The van der Waals surface area contributed by atoms with E-state index in [1.54, 1.807) is 24.3 Å². The molecule has 0 unspecified atom stereocenters. The maximum atomic E-state index is 11.9. The Labute approximate surface area is 117 Å². The Morgan fingerprint density at radius 3 is 2.61 bits per heavy atom. The zero-order valence-electron chi connectivity index (χ0n) is 9.22. The molecule has 0 spiro atoms. The maximum absolute atomic E-state index is 11.9. The first kappa shape index (κ1) is 12.7. The fourth-order valence-electron chi connectivity index (χ4n) is 1.47. The molecule has 2 aromatic carbocycles. The van der Waals surface area contributed by atoms with Crippen molar-refractivity contribution >= 4 is 34.2 Å². The third-order valence-corrected chi connectivity index (χ3v) is 2.98. The van der Waals surface area contributed by atoms with Crippen LogP contribution in [0.4, 0.5) is 5.69 Å². The molecule has 0 fully saturated rings. The molecule has 1 amide bonds. The number of phenolic OH excluding ortho intramolecular Hbond substituents is 2. The van der Waals surface area contributed by atoms with Crippen molar-refractivity contribution in [3.05, 3.63) is 51.6 Å². The molecule has 0 atom stereocenters. The molecule has 0 bridgehead atoms. The Morgan fingerprint density at radius 2 is 1.89 bits per heavy atom. The normalized spacial score (nSPS) is 10.1. The van der Waals surface area contributed by atoms with E-state index in [0.717, 1.165) is 3.57 Å². The number of hydrogen-bond donors (Lipinski definition) is 3. The lowest BCUT2D eigenvalue weighted by atomic mass is 10.2. The molecule has 0 heterocycles. The van der Waals surface area contributed by atoms with E-state index in [0.29, 0.717) is 5.69 Å². The first-order chi connectivity index (χ1) is 8.56. The highest BCUT2D eigenvalue weighted by Gasteiger charge is 2.11. The molecule has 0 saturated carbocycles. The first-order valence-corrected chi connectivity index (χ1v) is 6.23. The predicted molar refractivity (Wildman–Crippen MR) is 76.9 cm³/mol. The number of phenols is 2. The van der Waals surface area contributed by atoms with Crippen LogP contribution in [0, 0.1) is 3.57 Å². The van der Waals surface area contributed by atoms with E-state index in [1.165, 1.54) is 18.2 Å². The van der Waals surface area contributed by atoms with E-state index >= 15 is 0 Å². The zero-order valence-corrected chi connectivity index (χ0v) is 11.4. The number of rotatable bonds is 2. The van der Waals surface area contributed by atoms with Gasteiger partial charge in [-0.2, -0.15) is 0 Å². The third-order valence-electron chi connectivity index (χ3n) is 2.31. The molecule has 0 aliphatic rings. The summed E-state index contributed by atoms with van der Waals surface area (Å²) >= 11 is 2.06. The van der Waals surface area contributed by atoms with Crippen molar-refractivity contribution in [2.24, 2.45) is 0 Å². The second-order valence-electron chi connectivity index (χ2n) is 3.67. The topological polar surface area (TPSA) is 69.6 Å². The Kier molecular flexibility index (Phi) is 3.71. The van der Waals surface area contributed by atoms with Gasteiger partial charge >= 0.3 is 0 Å². The highest BCUT2D eigenvalue weighted by atomic mass is 127. The Bertz CT molecular complexity index is 599. The van der Waals surface area contributed by atoms with Crippen LogP contribution in [0.5, 0.6) is 11.5 Å². The minimum atomic E-state index is -0.420. The molecule has 18 heavy (non-hydrogen) atoms. The van der Waals surface area contributed by atoms with E-state index in [9.17, 15) is 15.0 Å². The van der Waals surface area contributed by atoms with Gasteiger partial charge in [0.1, 0.15) is 11.5 Å². The van der Waals surface area contributed by atoms with E-state index < -0.39 is 5.91 Å². The molecule has 2 aromatic rings. The highest BCUT2D eigenvalue weighted by Crippen LogP contribution is 2.22. The Balaban J connectivity index is 2.24. The van der Waals surface area contributed by atoms with Gasteiger partial charge in [0.2, 0.25) is 0 Å². The third kappa shape index (κ3) is 2.92. The smallest absolute Gasteiger partial charge is 0.259 e. The number of anilines is 1. The number of hydrogen-bond acceptors (Lipinski definition) is 3. The molecule has 0 aromatic heterocycles. The van der Waals surface area contributed by atoms with Gasteiger partial charge in [-0.15, -0.1) is 0 Å². The average molecular weight is 355 g/mol. The number of aromatic hydroxyl groups is 2. The number of halogens is 1. The molecule has 5 heteroatoms. The molecular formula is C13H10INO3. The highest BCUT2D eigenvalue weighted by molar-refractivity contribution is 14.1. The summed E-state index contributed by atoms with van der Waals surface area (Å²) < 4.78 is 0.853. The summed E-state index contributed by atoms with van der Waals surface area (Å²) in [6, 6.07) is 11.0. The van der Waals surface area contributed by atoms with Gasteiger partial charge in [0.15, 0.2) is 0 Å². The van der Waals surface area contributed by atoms with Gasteiger partial charge in [-0.25, -0.2) is 0 Å². The summed E-state index contributed by atoms with van der Waals surface area (Å²) in [6.07, 6.45) is 0. The van der Waals surface area contributed by atoms with Gasteiger partial charge < -0.3 is 15.5 Å². The van der Waals surface area contributed by atoms with Crippen LogP contribution in [-0.4, -0.2) is 16.1 Å². The number of carbonyl (C=O) groups is 1. The lowest BCUT2D eigenvalue weighted by Crippen LogP contribution is -2.12. The molecule has 3 N–H and O–H groups in total. The molecule has 4 nitrogen and oxygen atoms in total. The van der Waals surface area contributed by atoms with Crippen LogP contribution >= 0.6 is 22.6 Å². The number of amides is 1. The van der Waals surface area contributed by atoms with Gasteiger partial charge in [-0.05, 0) is 52.9 Å². The Morgan fingerprint density at radius 1 is 1.11 bits per heavy atom. The molecule has 0 aliphatic carbocycles. The van der Waals surface area contributed by atoms with E-state index in [1.807, 2.05) is 0 Å². The predicted octanol–water partition coefficient (Wildman–Crippen LogP) is 2.95. The van der Waals surface area contributed by atoms with Crippen molar-refractivity contribution in [2.75, 3.05) is 5.32 Å².